The highest BCUT2D eigenvalue weighted by Crippen LogP contribution is 2.41. The van der Waals surface area contributed by atoms with Gasteiger partial charge in [0.25, 0.3) is 0 Å². The molecule has 1 aliphatic rings. The molecule has 1 saturated carbocycles. The zero-order valence-electron chi connectivity index (χ0n) is 5.37. The third-order valence-corrected chi connectivity index (χ3v) is 1.67. The van der Waals surface area contributed by atoms with Gasteiger partial charge in [-0.15, -0.1) is 0 Å². The second kappa shape index (κ2) is 1.84. The van der Waals surface area contributed by atoms with Gasteiger partial charge in [-0.2, -0.15) is 5.26 Å². The summed E-state index contributed by atoms with van der Waals surface area (Å²) in [5.41, 5.74) is 0.600. The van der Waals surface area contributed by atoms with E-state index in [4.69, 9.17) is 9.78 Å². The molecule has 50 valence electrons. The Labute approximate surface area is 58.2 Å². The predicted molar refractivity (Wildman–Crippen MR) is 33.2 cm³/mol. The van der Waals surface area contributed by atoms with Crippen LogP contribution in [0.2, 0.25) is 0 Å². The minimum absolute atomic E-state index is 0.483. The molecule has 3 heteroatoms. The number of hydrogen-bond acceptors (Lipinski definition) is 3. The third kappa shape index (κ3) is 0.695. The minimum atomic E-state index is 0.483. The van der Waals surface area contributed by atoms with Gasteiger partial charge in [0, 0.05) is 5.92 Å². The molecule has 0 bridgehead atoms. The molecule has 1 fully saturated rings. The van der Waals surface area contributed by atoms with Crippen molar-refractivity contribution in [2.45, 2.75) is 18.8 Å². The van der Waals surface area contributed by atoms with Crippen LogP contribution in [0.1, 0.15) is 30.1 Å². The molecule has 0 aliphatic heterocycles. The summed E-state index contributed by atoms with van der Waals surface area (Å²) in [4.78, 5) is 0. The first-order chi connectivity index (χ1) is 4.92. The van der Waals surface area contributed by atoms with Crippen LogP contribution in [0.3, 0.4) is 0 Å². The van der Waals surface area contributed by atoms with Gasteiger partial charge < -0.3 is 4.52 Å². The topological polar surface area (TPSA) is 49.8 Å². The van der Waals surface area contributed by atoms with Gasteiger partial charge in [0.05, 0.1) is 6.20 Å². The molecule has 0 unspecified atom stereocenters. The Kier molecular flexibility index (Phi) is 1.01. The van der Waals surface area contributed by atoms with Crippen molar-refractivity contribution < 1.29 is 4.52 Å². The van der Waals surface area contributed by atoms with E-state index < -0.39 is 0 Å². The fourth-order valence-corrected chi connectivity index (χ4v) is 0.973. The molecule has 0 radical (unpaired) electrons. The second-order valence-corrected chi connectivity index (χ2v) is 2.49. The van der Waals surface area contributed by atoms with Crippen LogP contribution in [0.25, 0.3) is 0 Å². The number of aromatic nitrogens is 1. The van der Waals surface area contributed by atoms with Crippen LogP contribution in [0.4, 0.5) is 0 Å². The predicted octanol–water partition coefficient (Wildman–Crippen LogP) is 1.42. The third-order valence-electron chi connectivity index (χ3n) is 1.67. The lowest BCUT2D eigenvalue weighted by molar-refractivity contribution is 0.384. The summed E-state index contributed by atoms with van der Waals surface area (Å²) in [5.74, 6) is 1.26. The highest BCUT2D eigenvalue weighted by atomic mass is 16.5. The average Bonchev–Trinajstić information content (AvgIpc) is 2.69. The van der Waals surface area contributed by atoms with Gasteiger partial charge >= 0.3 is 0 Å². The van der Waals surface area contributed by atoms with Gasteiger partial charge in [0.1, 0.15) is 11.6 Å². The first-order valence-corrected chi connectivity index (χ1v) is 3.26. The van der Waals surface area contributed by atoms with Gasteiger partial charge in [-0.05, 0) is 12.8 Å². The lowest BCUT2D eigenvalue weighted by Crippen LogP contribution is -1.77. The van der Waals surface area contributed by atoms with Gasteiger partial charge in [-0.3, -0.25) is 0 Å². The molecule has 2 rings (SSSR count). The van der Waals surface area contributed by atoms with E-state index in [1.165, 1.54) is 6.20 Å². The van der Waals surface area contributed by atoms with Crippen molar-refractivity contribution in [3.63, 3.8) is 0 Å². The molecule has 0 saturated heterocycles. The van der Waals surface area contributed by atoms with Crippen LogP contribution < -0.4 is 0 Å². The van der Waals surface area contributed by atoms with Crippen molar-refractivity contribution in [2.75, 3.05) is 0 Å². The SMILES string of the molecule is N#Cc1cnoc1C1CC1. The van der Waals surface area contributed by atoms with E-state index in [1.807, 2.05) is 6.07 Å². The Morgan fingerprint density at radius 3 is 3.10 bits per heavy atom. The quantitative estimate of drug-likeness (QED) is 0.583. The van der Waals surface area contributed by atoms with Crippen LogP contribution >= 0.6 is 0 Å². The zero-order valence-corrected chi connectivity index (χ0v) is 5.37. The fraction of sp³-hybridized carbons (Fsp3) is 0.429. The molecule has 0 amide bonds. The van der Waals surface area contributed by atoms with Crippen molar-refractivity contribution in [1.29, 1.82) is 5.26 Å². The highest BCUT2D eigenvalue weighted by molar-refractivity contribution is 5.32. The molecule has 0 spiro atoms. The highest BCUT2D eigenvalue weighted by Gasteiger charge is 2.30. The van der Waals surface area contributed by atoms with Gasteiger partial charge in [-0.1, -0.05) is 5.16 Å². The molecule has 0 atom stereocenters. The molecule has 3 nitrogen and oxygen atoms in total. The summed E-state index contributed by atoms with van der Waals surface area (Å²) >= 11 is 0. The second-order valence-electron chi connectivity index (χ2n) is 2.49. The summed E-state index contributed by atoms with van der Waals surface area (Å²) in [7, 11) is 0. The molecule has 1 heterocycles. The van der Waals surface area contributed by atoms with E-state index >= 15 is 0 Å². The molecule has 1 aliphatic carbocycles. The Morgan fingerprint density at radius 2 is 2.50 bits per heavy atom. The van der Waals surface area contributed by atoms with E-state index in [9.17, 15) is 0 Å². The average molecular weight is 134 g/mol. The summed E-state index contributed by atoms with van der Waals surface area (Å²) in [6, 6.07) is 2.04. The maximum atomic E-state index is 8.53. The van der Waals surface area contributed by atoms with Gasteiger partial charge in [-0.25, -0.2) is 0 Å². The fourth-order valence-electron chi connectivity index (χ4n) is 0.973. The molecular weight excluding hydrogens is 128 g/mol. The maximum Gasteiger partial charge on any atom is 0.157 e. The largest absolute Gasteiger partial charge is 0.360 e. The standard InChI is InChI=1S/C7H6N2O/c8-3-6-4-9-10-7(6)5-1-2-5/h4-5H,1-2H2. The maximum absolute atomic E-state index is 8.53. The van der Waals surface area contributed by atoms with Gasteiger partial charge in [0.15, 0.2) is 5.76 Å². The van der Waals surface area contributed by atoms with E-state index in [0.29, 0.717) is 11.5 Å². The molecular formula is C7H6N2O. The Morgan fingerprint density at radius 1 is 1.70 bits per heavy atom. The molecule has 0 N–H and O–H groups in total. The number of hydrogen-bond donors (Lipinski definition) is 0. The minimum Gasteiger partial charge on any atom is -0.360 e. The zero-order chi connectivity index (χ0) is 6.97. The van der Waals surface area contributed by atoms with Crippen molar-refractivity contribution in [3.05, 3.63) is 17.5 Å². The lowest BCUT2D eigenvalue weighted by atomic mass is 10.2. The Hall–Kier alpha value is -1.30. The van der Waals surface area contributed by atoms with Crippen LogP contribution in [-0.2, 0) is 0 Å². The molecule has 1 aromatic rings. The summed E-state index contributed by atoms with van der Waals surface area (Å²) in [6.45, 7) is 0. The molecule has 0 aromatic carbocycles. The summed E-state index contributed by atoms with van der Waals surface area (Å²) in [5, 5.41) is 12.1. The van der Waals surface area contributed by atoms with Crippen LogP contribution in [0.5, 0.6) is 0 Å². The Bertz CT molecular complexity index is 280. The van der Waals surface area contributed by atoms with Crippen molar-refractivity contribution >= 4 is 0 Å². The van der Waals surface area contributed by atoms with Crippen LogP contribution in [-0.4, -0.2) is 5.16 Å². The summed E-state index contributed by atoms with van der Waals surface area (Å²) in [6.07, 6.45) is 3.77. The van der Waals surface area contributed by atoms with Crippen LogP contribution in [0.15, 0.2) is 10.7 Å². The smallest absolute Gasteiger partial charge is 0.157 e. The Balaban J connectivity index is 2.40. The number of nitrogens with zero attached hydrogens (tertiary/aromatic N) is 2. The monoisotopic (exact) mass is 134 g/mol. The van der Waals surface area contributed by atoms with E-state index in [1.54, 1.807) is 0 Å². The molecule has 1 aromatic heterocycles. The molecule has 10 heavy (non-hydrogen) atoms. The van der Waals surface area contributed by atoms with Crippen LogP contribution in [0, 0.1) is 11.3 Å². The lowest BCUT2D eigenvalue weighted by Gasteiger charge is -1.84. The van der Waals surface area contributed by atoms with E-state index in [-0.39, 0.29) is 0 Å². The van der Waals surface area contributed by atoms with Gasteiger partial charge in [0.2, 0.25) is 0 Å². The van der Waals surface area contributed by atoms with Crippen molar-refractivity contribution in [1.82, 2.24) is 5.16 Å². The normalized spacial score (nSPS) is 16.7. The number of nitriles is 1. The van der Waals surface area contributed by atoms with E-state index in [2.05, 4.69) is 5.16 Å². The number of rotatable bonds is 1. The van der Waals surface area contributed by atoms with E-state index in [0.717, 1.165) is 18.6 Å². The summed E-state index contributed by atoms with van der Waals surface area (Å²) < 4.78 is 4.91. The van der Waals surface area contributed by atoms with Crippen molar-refractivity contribution in [3.8, 4) is 6.07 Å². The van der Waals surface area contributed by atoms with Crippen molar-refractivity contribution in [2.24, 2.45) is 0 Å². The first kappa shape index (κ1) is 5.48. The first-order valence-electron chi connectivity index (χ1n) is 3.26.